The maximum atomic E-state index is 12.5. The summed E-state index contributed by atoms with van der Waals surface area (Å²) in [6.45, 7) is 4.82. The van der Waals surface area contributed by atoms with E-state index in [4.69, 9.17) is 5.73 Å². The van der Waals surface area contributed by atoms with Gasteiger partial charge in [-0.3, -0.25) is 9.78 Å². The summed E-state index contributed by atoms with van der Waals surface area (Å²) in [4.78, 5) is 19.1. The number of carbonyl (C=O) groups is 1. The number of β-amino-alcohol motifs (C(OH)–C–C–N with tert-alkyl or cyclic N) is 1. The first-order valence-electron chi connectivity index (χ1n) is 6.61. The summed E-state index contributed by atoms with van der Waals surface area (Å²) in [6.07, 6.45) is 0.219. The van der Waals surface area contributed by atoms with Crippen LogP contribution >= 0.6 is 11.3 Å². The first-order valence-corrected chi connectivity index (χ1v) is 7.42. The number of amides is 1. The second-order valence-corrected chi connectivity index (χ2v) is 6.31. The van der Waals surface area contributed by atoms with Crippen LogP contribution in [0.2, 0.25) is 0 Å². The van der Waals surface area contributed by atoms with E-state index in [0.717, 1.165) is 21.5 Å². The molecule has 0 aromatic carbocycles. The minimum atomic E-state index is -0.416. The number of anilines is 1. The van der Waals surface area contributed by atoms with Gasteiger partial charge >= 0.3 is 0 Å². The Morgan fingerprint density at radius 2 is 2.30 bits per heavy atom. The van der Waals surface area contributed by atoms with E-state index in [-0.39, 0.29) is 5.91 Å². The van der Waals surface area contributed by atoms with Crippen LogP contribution in [0.1, 0.15) is 27.5 Å². The molecule has 6 heteroatoms. The number of rotatable bonds is 1. The summed E-state index contributed by atoms with van der Waals surface area (Å²) >= 11 is 1.41. The standard InChI is InChI=1S/C14H17N3O2S/c1-7-5-10-11(8(2)16-7)12(15)13(20-10)14(19)17-4-3-9(18)6-17/h5,9,18H,3-4,6,15H2,1-2H3. The highest BCUT2D eigenvalue weighted by atomic mass is 32.1. The van der Waals surface area contributed by atoms with Gasteiger partial charge in [0.1, 0.15) is 4.88 Å². The molecule has 0 aliphatic carbocycles. The van der Waals surface area contributed by atoms with Crippen molar-refractivity contribution in [3.8, 4) is 0 Å². The molecule has 1 amide bonds. The molecule has 106 valence electrons. The van der Waals surface area contributed by atoms with E-state index in [1.54, 1.807) is 4.90 Å². The molecule has 0 saturated carbocycles. The van der Waals surface area contributed by atoms with Gasteiger partial charge in [-0.2, -0.15) is 0 Å². The SMILES string of the molecule is Cc1cc2sc(C(=O)N3CCC(O)C3)c(N)c2c(C)n1. The maximum Gasteiger partial charge on any atom is 0.266 e. The van der Waals surface area contributed by atoms with Crippen LogP contribution in [-0.4, -0.2) is 40.1 Å². The number of fused-ring (bicyclic) bond motifs is 1. The van der Waals surface area contributed by atoms with E-state index in [2.05, 4.69) is 4.98 Å². The molecule has 0 radical (unpaired) electrons. The van der Waals surface area contributed by atoms with Crippen molar-refractivity contribution < 1.29 is 9.90 Å². The number of aryl methyl sites for hydroxylation is 2. The number of likely N-dealkylation sites (tertiary alicyclic amines) is 1. The summed E-state index contributed by atoms with van der Waals surface area (Å²) in [6, 6.07) is 1.96. The number of hydrogen-bond donors (Lipinski definition) is 2. The second kappa shape index (κ2) is 4.71. The third-order valence-electron chi connectivity index (χ3n) is 3.66. The van der Waals surface area contributed by atoms with Gasteiger partial charge in [-0.25, -0.2) is 0 Å². The fourth-order valence-electron chi connectivity index (χ4n) is 2.71. The normalized spacial score (nSPS) is 18.9. The summed E-state index contributed by atoms with van der Waals surface area (Å²) in [5, 5.41) is 10.4. The van der Waals surface area contributed by atoms with Gasteiger partial charge in [0.2, 0.25) is 0 Å². The Morgan fingerprint density at radius 3 is 2.95 bits per heavy atom. The van der Waals surface area contributed by atoms with Crippen molar-refractivity contribution in [1.82, 2.24) is 9.88 Å². The average Bonchev–Trinajstić information content (AvgIpc) is 2.93. The molecule has 1 atom stereocenters. The molecule has 0 spiro atoms. The highest BCUT2D eigenvalue weighted by Crippen LogP contribution is 2.36. The molecule has 3 rings (SSSR count). The fraction of sp³-hybridized carbons (Fsp3) is 0.429. The molecule has 1 saturated heterocycles. The lowest BCUT2D eigenvalue weighted by atomic mass is 10.2. The van der Waals surface area contributed by atoms with Crippen molar-refractivity contribution in [1.29, 1.82) is 0 Å². The van der Waals surface area contributed by atoms with Crippen molar-refractivity contribution in [2.45, 2.75) is 26.4 Å². The zero-order valence-corrected chi connectivity index (χ0v) is 12.3. The third-order valence-corrected chi connectivity index (χ3v) is 4.80. The molecule has 2 aromatic rings. The number of nitrogens with two attached hydrogens (primary N) is 1. The van der Waals surface area contributed by atoms with Crippen molar-refractivity contribution >= 4 is 33.0 Å². The minimum Gasteiger partial charge on any atom is -0.397 e. The van der Waals surface area contributed by atoms with E-state index in [9.17, 15) is 9.90 Å². The zero-order valence-electron chi connectivity index (χ0n) is 11.5. The Bertz CT molecular complexity index is 695. The average molecular weight is 291 g/mol. The summed E-state index contributed by atoms with van der Waals surface area (Å²) in [5.41, 5.74) is 8.45. The Morgan fingerprint density at radius 1 is 1.55 bits per heavy atom. The number of aliphatic hydroxyl groups excluding tert-OH is 1. The largest absolute Gasteiger partial charge is 0.397 e. The molecule has 1 aliphatic heterocycles. The van der Waals surface area contributed by atoms with Crippen molar-refractivity contribution in [2.24, 2.45) is 0 Å². The molecular weight excluding hydrogens is 274 g/mol. The molecule has 5 nitrogen and oxygen atoms in total. The molecule has 3 heterocycles. The van der Waals surface area contributed by atoms with E-state index in [1.165, 1.54) is 11.3 Å². The van der Waals surface area contributed by atoms with Crippen LogP contribution in [0.15, 0.2) is 6.07 Å². The molecule has 3 N–H and O–H groups in total. The molecular formula is C14H17N3O2S. The molecule has 1 aliphatic rings. The topological polar surface area (TPSA) is 79.5 Å². The van der Waals surface area contributed by atoms with Gasteiger partial charge in [-0.1, -0.05) is 0 Å². The molecule has 2 aromatic heterocycles. The van der Waals surface area contributed by atoms with Gasteiger partial charge in [0.15, 0.2) is 0 Å². The number of aliphatic hydroxyl groups is 1. The predicted molar refractivity (Wildman–Crippen MR) is 80.0 cm³/mol. The van der Waals surface area contributed by atoms with E-state index >= 15 is 0 Å². The zero-order chi connectivity index (χ0) is 14.4. The molecule has 1 unspecified atom stereocenters. The minimum absolute atomic E-state index is 0.0858. The molecule has 0 bridgehead atoms. The Kier molecular flexibility index (Phi) is 3.14. The van der Waals surface area contributed by atoms with Crippen LogP contribution in [0.4, 0.5) is 5.69 Å². The van der Waals surface area contributed by atoms with Crippen LogP contribution in [0, 0.1) is 13.8 Å². The third kappa shape index (κ3) is 2.05. The number of pyridine rings is 1. The number of nitrogen functional groups attached to an aromatic ring is 1. The number of carbonyl (C=O) groups excluding carboxylic acids is 1. The van der Waals surface area contributed by atoms with E-state index in [1.807, 2.05) is 19.9 Å². The van der Waals surface area contributed by atoms with E-state index in [0.29, 0.717) is 30.1 Å². The molecule has 1 fully saturated rings. The lowest BCUT2D eigenvalue weighted by Gasteiger charge is -2.14. The quantitative estimate of drug-likeness (QED) is 0.838. The van der Waals surface area contributed by atoms with E-state index < -0.39 is 6.10 Å². The Balaban J connectivity index is 2.06. The van der Waals surface area contributed by atoms with Crippen LogP contribution in [0.5, 0.6) is 0 Å². The van der Waals surface area contributed by atoms with Gasteiger partial charge in [-0.05, 0) is 26.3 Å². The predicted octanol–water partition coefficient (Wildman–Crippen LogP) is 1.70. The van der Waals surface area contributed by atoms with Gasteiger partial charge in [-0.15, -0.1) is 11.3 Å². The van der Waals surface area contributed by atoms with Crippen LogP contribution < -0.4 is 5.73 Å². The van der Waals surface area contributed by atoms with Crippen molar-refractivity contribution in [3.63, 3.8) is 0 Å². The number of hydrogen-bond acceptors (Lipinski definition) is 5. The van der Waals surface area contributed by atoms with Gasteiger partial charge in [0.05, 0.1) is 11.8 Å². The van der Waals surface area contributed by atoms with Crippen LogP contribution in [0.3, 0.4) is 0 Å². The number of aromatic nitrogens is 1. The lowest BCUT2D eigenvalue weighted by Crippen LogP contribution is -2.29. The fourth-order valence-corrected chi connectivity index (χ4v) is 3.95. The summed E-state index contributed by atoms with van der Waals surface area (Å²) in [5.74, 6) is -0.0858. The van der Waals surface area contributed by atoms with Gasteiger partial charge in [0.25, 0.3) is 5.91 Å². The van der Waals surface area contributed by atoms with Crippen molar-refractivity contribution in [3.05, 3.63) is 22.3 Å². The monoisotopic (exact) mass is 291 g/mol. The van der Waals surface area contributed by atoms with Crippen molar-refractivity contribution in [2.75, 3.05) is 18.8 Å². The summed E-state index contributed by atoms with van der Waals surface area (Å²) < 4.78 is 0.996. The molecule has 20 heavy (non-hydrogen) atoms. The highest BCUT2D eigenvalue weighted by molar-refractivity contribution is 7.21. The number of nitrogens with zero attached hydrogens (tertiary/aromatic N) is 2. The first kappa shape index (κ1) is 13.3. The summed E-state index contributed by atoms with van der Waals surface area (Å²) in [7, 11) is 0. The van der Waals surface area contributed by atoms with Gasteiger partial charge < -0.3 is 15.7 Å². The second-order valence-electron chi connectivity index (χ2n) is 5.26. The smallest absolute Gasteiger partial charge is 0.266 e. The Labute approximate surface area is 121 Å². The number of thiophene rings is 1. The van der Waals surface area contributed by atoms with Gasteiger partial charge in [0, 0.05) is 34.6 Å². The Hall–Kier alpha value is -1.66. The lowest BCUT2D eigenvalue weighted by molar-refractivity contribution is 0.0770. The first-order chi connectivity index (χ1) is 9.47. The van der Waals surface area contributed by atoms with Crippen LogP contribution in [0.25, 0.3) is 10.1 Å². The van der Waals surface area contributed by atoms with Crippen LogP contribution in [-0.2, 0) is 0 Å². The maximum absolute atomic E-state index is 12.5. The highest BCUT2D eigenvalue weighted by Gasteiger charge is 2.28.